The molecule has 0 saturated carbocycles. The van der Waals surface area contributed by atoms with Crippen molar-refractivity contribution in [1.29, 1.82) is 0 Å². The van der Waals surface area contributed by atoms with Crippen LogP contribution in [-0.4, -0.2) is 31.3 Å². The normalized spacial score (nSPS) is 23.4. The number of nitrogens with two attached hydrogens (primary N) is 1. The van der Waals surface area contributed by atoms with Crippen molar-refractivity contribution in [2.24, 2.45) is 5.73 Å². The first-order chi connectivity index (χ1) is 8.75. The Bertz CT molecular complexity index is 383. The smallest absolute Gasteiger partial charge is 0.407 e. The topological polar surface area (TPSA) is 76.4 Å². The second kappa shape index (κ2) is 6.37. The first-order valence-electron chi connectivity index (χ1n) is 6.19. The van der Waals surface area contributed by atoms with Crippen LogP contribution in [0.25, 0.3) is 0 Å². The minimum Gasteiger partial charge on any atom is -0.445 e. The summed E-state index contributed by atoms with van der Waals surface area (Å²) in [5.74, 6) is 0. The Hall–Kier alpha value is -1.59. The lowest BCUT2D eigenvalue weighted by Gasteiger charge is -2.29. The lowest BCUT2D eigenvalue weighted by molar-refractivity contribution is 0.132. The Labute approximate surface area is 107 Å². The summed E-state index contributed by atoms with van der Waals surface area (Å²) in [5, 5.41) is 5.99. The van der Waals surface area contributed by atoms with E-state index in [4.69, 9.17) is 10.5 Å². The van der Waals surface area contributed by atoms with Crippen LogP contribution in [0, 0.1) is 0 Å². The van der Waals surface area contributed by atoms with Crippen molar-refractivity contribution in [2.75, 3.05) is 13.1 Å². The fourth-order valence-electron chi connectivity index (χ4n) is 1.98. The zero-order valence-corrected chi connectivity index (χ0v) is 10.3. The quantitative estimate of drug-likeness (QED) is 0.733. The van der Waals surface area contributed by atoms with E-state index >= 15 is 0 Å². The largest absolute Gasteiger partial charge is 0.445 e. The molecule has 1 amide bonds. The van der Waals surface area contributed by atoms with Crippen molar-refractivity contribution in [3.8, 4) is 0 Å². The molecule has 4 N–H and O–H groups in total. The summed E-state index contributed by atoms with van der Waals surface area (Å²) < 4.78 is 5.15. The lowest BCUT2D eigenvalue weighted by atomic mass is 10.0. The SMILES string of the molecule is N[C@@H]1CNCC[C@@H]1NC(=O)OCc1ccccc1. The molecule has 5 heteroatoms. The van der Waals surface area contributed by atoms with E-state index in [9.17, 15) is 4.79 Å². The molecule has 0 bridgehead atoms. The molecule has 1 aromatic rings. The molecule has 1 saturated heterocycles. The first-order valence-corrected chi connectivity index (χ1v) is 6.19. The summed E-state index contributed by atoms with van der Waals surface area (Å²) in [6, 6.07) is 9.54. The number of piperidine rings is 1. The second-order valence-corrected chi connectivity index (χ2v) is 4.47. The molecule has 1 fully saturated rings. The van der Waals surface area contributed by atoms with Gasteiger partial charge in [0.25, 0.3) is 0 Å². The van der Waals surface area contributed by atoms with Crippen molar-refractivity contribution in [3.05, 3.63) is 35.9 Å². The molecule has 0 spiro atoms. The summed E-state index contributed by atoms with van der Waals surface area (Å²) in [4.78, 5) is 11.6. The van der Waals surface area contributed by atoms with Crippen LogP contribution < -0.4 is 16.4 Å². The third-order valence-corrected chi connectivity index (χ3v) is 3.04. The molecule has 1 aliphatic heterocycles. The molecule has 1 heterocycles. The summed E-state index contributed by atoms with van der Waals surface area (Å²) >= 11 is 0. The number of amides is 1. The summed E-state index contributed by atoms with van der Waals surface area (Å²) in [7, 11) is 0. The molecule has 0 aromatic heterocycles. The van der Waals surface area contributed by atoms with E-state index < -0.39 is 6.09 Å². The second-order valence-electron chi connectivity index (χ2n) is 4.47. The van der Waals surface area contributed by atoms with Gasteiger partial charge in [0, 0.05) is 18.6 Å². The Balaban J connectivity index is 1.75. The van der Waals surface area contributed by atoms with E-state index in [1.807, 2.05) is 30.3 Å². The van der Waals surface area contributed by atoms with Gasteiger partial charge in [0.1, 0.15) is 6.61 Å². The molecule has 0 aliphatic carbocycles. The molecule has 1 aromatic carbocycles. The van der Waals surface area contributed by atoms with Crippen LogP contribution in [0.2, 0.25) is 0 Å². The van der Waals surface area contributed by atoms with E-state index in [1.165, 1.54) is 0 Å². The highest BCUT2D eigenvalue weighted by atomic mass is 16.5. The monoisotopic (exact) mass is 249 g/mol. The zero-order chi connectivity index (χ0) is 12.8. The van der Waals surface area contributed by atoms with E-state index in [0.29, 0.717) is 0 Å². The summed E-state index contributed by atoms with van der Waals surface area (Å²) in [6.45, 7) is 1.88. The molecule has 0 radical (unpaired) electrons. The Morgan fingerprint density at radius 1 is 1.44 bits per heavy atom. The number of carbonyl (C=O) groups excluding carboxylic acids is 1. The maximum atomic E-state index is 11.6. The first kappa shape index (κ1) is 12.9. The van der Waals surface area contributed by atoms with Crippen LogP contribution in [0.5, 0.6) is 0 Å². The molecule has 18 heavy (non-hydrogen) atoms. The Morgan fingerprint density at radius 3 is 2.94 bits per heavy atom. The average molecular weight is 249 g/mol. The number of carbonyl (C=O) groups is 1. The number of ether oxygens (including phenoxy) is 1. The highest BCUT2D eigenvalue weighted by molar-refractivity contribution is 5.67. The maximum absolute atomic E-state index is 11.6. The van der Waals surface area contributed by atoms with Gasteiger partial charge < -0.3 is 21.1 Å². The van der Waals surface area contributed by atoms with Gasteiger partial charge >= 0.3 is 6.09 Å². The number of nitrogens with one attached hydrogen (secondary N) is 2. The summed E-state index contributed by atoms with van der Waals surface area (Å²) in [5.41, 5.74) is 6.88. The van der Waals surface area contributed by atoms with Gasteiger partial charge in [-0.25, -0.2) is 4.79 Å². The fourth-order valence-corrected chi connectivity index (χ4v) is 1.98. The third kappa shape index (κ3) is 3.72. The van der Waals surface area contributed by atoms with Gasteiger partial charge in [-0.1, -0.05) is 30.3 Å². The minimum atomic E-state index is -0.402. The van der Waals surface area contributed by atoms with Crippen molar-refractivity contribution in [1.82, 2.24) is 10.6 Å². The van der Waals surface area contributed by atoms with Gasteiger partial charge in [-0.3, -0.25) is 0 Å². The van der Waals surface area contributed by atoms with E-state index in [-0.39, 0.29) is 18.7 Å². The predicted molar refractivity (Wildman–Crippen MR) is 69.0 cm³/mol. The molecule has 98 valence electrons. The molecule has 5 nitrogen and oxygen atoms in total. The number of benzene rings is 1. The van der Waals surface area contributed by atoms with E-state index in [2.05, 4.69) is 10.6 Å². The van der Waals surface area contributed by atoms with Crippen molar-refractivity contribution in [3.63, 3.8) is 0 Å². The van der Waals surface area contributed by atoms with Gasteiger partial charge in [-0.2, -0.15) is 0 Å². The maximum Gasteiger partial charge on any atom is 0.407 e. The summed E-state index contributed by atoms with van der Waals surface area (Å²) in [6.07, 6.45) is 0.433. The van der Waals surface area contributed by atoms with E-state index in [1.54, 1.807) is 0 Å². The Morgan fingerprint density at radius 2 is 2.22 bits per heavy atom. The molecule has 0 unspecified atom stereocenters. The molecular weight excluding hydrogens is 230 g/mol. The van der Waals surface area contributed by atoms with Crippen LogP contribution in [0.1, 0.15) is 12.0 Å². The number of hydrogen-bond acceptors (Lipinski definition) is 4. The van der Waals surface area contributed by atoms with Crippen LogP contribution in [0.4, 0.5) is 4.79 Å². The number of alkyl carbamates (subject to hydrolysis) is 1. The van der Waals surface area contributed by atoms with Gasteiger partial charge in [-0.15, -0.1) is 0 Å². The highest BCUT2D eigenvalue weighted by Gasteiger charge is 2.23. The number of rotatable bonds is 3. The molecule has 1 aliphatic rings. The minimum absolute atomic E-state index is 0.00507. The number of hydrogen-bond donors (Lipinski definition) is 3. The Kier molecular flexibility index (Phi) is 4.55. The molecule has 2 rings (SSSR count). The van der Waals surface area contributed by atoms with Gasteiger partial charge in [0.15, 0.2) is 0 Å². The van der Waals surface area contributed by atoms with E-state index in [0.717, 1.165) is 25.1 Å². The third-order valence-electron chi connectivity index (χ3n) is 3.04. The van der Waals surface area contributed by atoms with Crippen molar-refractivity contribution >= 4 is 6.09 Å². The van der Waals surface area contributed by atoms with Crippen LogP contribution in [-0.2, 0) is 11.3 Å². The molecular formula is C13H19N3O2. The van der Waals surface area contributed by atoms with Gasteiger partial charge in [0.2, 0.25) is 0 Å². The van der Waals surface area contributed by atoms with Crippen LogP contribution in [0.3, 0.4) is 0 Å². The van der Waals surface area contributed by atoms with Gasteiger partial charge in [-0.05, 0) is 18.5 Å². The van der Waals surface area contributed by atoms with Crippen LogP contribution >= 0.6 is 0 Å². The van der Waals surface area contributed by atoms with Crippen LogP contribution in [0.15, 0.2) is 30.3 Å². The zero-order valence-electron chi connectivity index (χ0n) is 10.3. The lowest BCUT2D eigenvalue weighted by Crippen LogP contribution is -2.56. The predicted octanol–water partition coefficient (Wildman–Crippen LogP) is 0.602. The van der Waals surface area contributed by atoms with Gasteiger partial charge in [0.05, 0.1) is 0 Å². The van der Waals surface area contributed by atoms with Crippen molar-refractivity contribution < 1.29 is 9.53 Å². The highest BCUT2D eigenvalue weighted by Crippen LogP contribution is 2.04. The average Bonchev–Trinajstić information content (AvgIpc) is 2.40. The standard InChI is InChI=1S/C13H19N3O2/c14-11-8-15-7-6-12(11)16-13(17)18-9-10-4-2-1-3-5-10/h1-5,11-12,15H,6-9,14H2,(H,16,17)/t11-,12+/m1/s1. The molecule has 2 atom stereocenters. The fraction of sp³-hybridized carbons (Fsp3) is 0.462. The van der Waals surface area contributed by atoms with Crippen molar-refractivity contribution in [2.45, 2.75) is 25.1 Å².